The Kier molecular flexibility index (Phi) is 11.5. The molecule has 0 unspecified atom stereocenters. The first kappa shape index (κ1) is 26.3. The highest BCUT2D eigenvalue weighted by atomic mass is 16.6. The summed E-state index contributed by atoms with van der Waals surface area (Å²) in [6.07, 6.45) is 0.558. The molecule has 0 radical (unpaired) electrons. The van der Waals surface area contributed by atoms with Gasteiger partial charge in [-0.25, -0.2) is 0 Å². The molecule has 170 valence electrons. The van der Waals surface area contributed by atoms with E-state index in [1.54, 1.807) is 27.9 Å². The molecule has 3 rings (SSSR count). The maximum Gasteiger partial charge on any atom is 0.320 e. The molecule has 0 aliphatic heterocycles. The Morgan fingerprint density at radius 1 is 1.00 bits per heavy atom. The van der Waals surface area contributed by atoms with E-state index in [0.29, 0.717) is 12.3 Å². The van der Waals surface area contributed by atoms with Crippen molar-refractivity contribution < 1.29 is 19.1 Å². The third kappa shape index (κ3) is 8.52. The standard InChI is InChI=1S/C15H14O.C8H16N2O3.C2H6/c1-16-10-15-13-8-4-2-6-11(13)12-7-3-5-9-14(12)15;1-8(2,3)13-7(12)4-9-5-10-6-11;1-2/h2-9,15H,10H2,1H3;6,9H,4-5H2,1-3H3,(H,10,11);1-2H3. The summed E-state index contributed by atoms with van der Waals surface area (Å²) < 4.78 is 10.3. The van der Waals surface area contributed by atoms with E-state index in [2.05, 4.69) is 59.2 Å². The van der Waals surface area contributed by atoms with Gasteiger partial charge in [0.05, 0.1) is 19.8 Å². The second kappa shape index (κ2) is 13.6. The highest BCUT2D eigenvalue weighted by Gasteiger charge is 2.27. The first-order valence-corrected chi connectivity index (χ1v) is 10.6. The quantitative estimate of drug-likeness (QED) is 0.301. The third-order valence-electron chi connectivity index (χ3n) is 4.30. The zero-order valence-electron chi connectivity index (χ0n) is 19.5. The monoisotopic (exact) mass is 428 g/mol. The highest BCUT2D eigenvalue weighted by Crippen LogP contribution is 2.44. The molecule has 2 N–H and O–H groups in total. The molecule has 0 aromatic heterocycles. The Hall–Kier alpha value is -2.70. The number of carbonyl (C=O) groups is 2. The summed E-state index contributed by atoms with van der Waals surface area (Å²) in [5.41, 5.74) is 5.05. The van der Waals surface area contributed by atoms with Gasteiger partial charge in [0.2, 0.25) is 6.41 Å². The molecule has 6 nitrogen and oxygen atoms in total. The molecule has 0 heterocycles. The molecule has 31 heavy (non-hydrogen) atoms. The normalized spacial score (nSPS) is 11.7. The minimum Gasteiger partial charge on any atom is -0.459 e. The molecule has 6 heteroatoms. The zero-order chi connectivity index (χ0) is 23.3. The van der Waals surface area contributed by atoms with Gasteiger partial charge in [0, 0.05) is 13.0 Å². The maximum atomic E-state index is 11.0. The van der Waals surface area contributed by atoms with Crippen molar-refractivity contribution in [2.75, 3.05) is 26.9 Å². The van der Waals surface area contributed by atoms with Crippen molar-refractivity contribution in [2.45, 2.75) is 46.1 Å². The highest BCUT2D eigenvalue weighted by molar-refractivity contribution is 5.78. The summed E-state index contributed by atoms with van der Waals surface area (Å²) in [6, 6.07) is 17.2. The molecular weight excluding hydrogens is 392 g/mol. The second-order valence-electron chi connectivity index (χ2n) is 7.69. The predicted molar refractivity (Wildman–Crippen MR) is 125 cm³/mol. The Morgan fingerprint density at radius 3 is 1.97 bits per heavy atom. The lowest BCUT2D eigenvalue weighted by atomic mass is 9.98. The number of nitrogens with one attached hydrogen (secondary N) is 2. The molecule has 1 aliphatic carbocycles. The molecule has 0 fully saturated rings. The second-order valence-corrected chi connectivity index (χ2v) is 7.69. The number of ether oxygens (including phenoxy) is 2. The van der Waals surface area contributed by atoms with Gasteiger partial charge in [-0.1, -0.05) is 62.4 Å². The van der Waals surface area contributed by atoms with Gasteiger partial charge in [0.25, 0.3) is 0 Å². The lowest BCUT2D eigenvalue weighted by molar-refractivity contribution is -0.153. The molecule has 0 saturated heterocycles. The van der Waals surface area contributed by atoms with Crippen molar-refractivity contribution in [1.82, 2.24) is 10.6 Å². The first-order chi connectivity index (χ1) is 14.9. The van der Waals surface area contributed by atoms with Crippen LogP contribution in [0.15, 0.2) is 48.5 Å². The van der Waals surface area contributed by atoms with E-state index in [-0.39, 0.29) is 19.2 Å². The van der Waals surface area contributed by atoms with Crippen LogP contribution in [0.2, 0.25) is 0 Å². The van der Waals surface area contributed by atoms with Crippen LogP contribution in [0, 0.1) is 0 Å². The van der Waals surface area contributed by atoms with Crippen LogP contribution in [0.1, 0.15) is 51.7 Å². The smallest absolute Gasteiger partial charge is 0.320 e. The number of hydrogen-bond acceptors (Lipinski definition) is 5. The summed E-state index contributed by atoms with van der Waals surface area (Å²) in [7, 11) is 1.77. The molecule has 0 atom stereocenters. The van der Waals surface area contributed by atoms with Crippen LogP contribution in [0.25, 0.3) is 11.1 Å². The van der Waals surface area contributed by atoms with Gasteiger partial charge >= 0.3 is 5.97 Å². The van der Waals surface area contributed by atoms with Crippen LogP contribution in [-0.4, -0.2) is 44.9 Å². The van der Waals surface area contributed by atoms with Gasteiger partial charge < -0.3 is 14.8 Å². The van der Waals surface area contributed by atoms with Crippen LogP contribution in [-0.2, 0) is 19.1 Å². The fourth-order valence-electron chi connectivity index (χ4n) is 3.26. The molecular formula is C25H36N2O4. The lowest BCUT2D eigenvalue weighted by Gasteiger charge is -2.19. The number of carbonyl (C=O) groups excluding carboxylic acids is 2. The van der Waals surface area contributed by atoms with Crippen molar-refractivity contribution in [3.05, 3.63) is 59.7 Å². The summed E-state index contributed by atoms with van der Waals surface area (Å²) in [6.45, 7) is 10.5. The Morgan fingerprint density at radius 2 is 1.52 bits per heavy atom. The van der Waals surface area contributed by atoms with E-state index in [4.69, 9.17) is 9.47 Å². The van der Waals surface area contributed by atoms with Crippen LogP contribution in [0.3, 0.4) is 0 Å². The minimum atomic E-state index is -0.461. The van der Waals surface area contributed by atoms with Crippen LogP contribution >= 0.6 is 0 Å². The lowest BCUT2D eigenvalue weighted by Crippen LogP contribution is -2.35. The van der Waals surface area contributed by atoms with E-state index < -0.39 is 5.60 Å². The van der Waals surface area contributed by atoms with Crippen LogP contribution in [0.5, 0.6) is 0 Å². The molecule has 1 amide bonds. The number of benzene rings is 2. The maximum absolute atomic E-state index is 11.0. The van der Waals surface area contributed by atoms with Crippen LogP contribution < -0.4 is 10.6 Å². The van der Waals surface area contributed by atoms with Gasteiger partial charge in [-0.2, -0.15) is 0 Å². The topological polar surface area (TPSA) is 76.7 Å². The fraction of sp³-hybridized carbons (Fsp3) is 0.440. The summed E-state index contributed by atoms with van der Waals surface area (Å²) >= 11 is 0. The summed E-state index contributed by atoms with van der Waals surface area (Å²) in [5.74, 6) is 0.0672. The van der Waals surface area contributed by atoms with E-state index in [1.807, 2.05) is 13.8 Å². The average molecular weight is 429 g/mol. The average Bonchev–Trinajstić information content (AvgIpc) is 3.07. The van der Waals surface area contributed by atoms with Crippen molar-refractivity contribution >= 4 is 12.4 Å². The molecule has 0 spiro atoms. The number of amides is 1. The van der Waals surface area contributed by atoms with Crippen molar-refractivity contribution in [2.24, 2.45) is 0 Å². The van der Waals surface area contributed by atoms with E-state index >= 15 is 0 Å². The number of esters is 1. The SMILES string of the molecule is CC.CC(C)(C)OC(=O)CNCNC=O.COCC1c2ccccc2-c2ccccc21. The van der Waals surface area contributed by atoms with Gasteiger partial charge in [0.15, 0.2) is 0 Å². The van der Waals surface area contributed by atoms with E-state index in [9.17, 15) is 9.59 Å². The van der Waals surface area contributed by atoms with Gasteiger partial charge in [-0.3, -0.25) is 14.9 Å². The molecule has 0 bridgehead atoms. The summed E-state index contributed by atoms with van der Waals surface area (Å²) in [4.78, 5) is 20.8. The van der Waals surface area contributed by atoms with Gasteiger partial charge in [-0.05, 0) is 43.0 Å². The van der Waals surface area contributed by atoms with E-state index in [1.165, 1.54) is 22.3 Å². The molecule has 1 aliphatic rings. The largest absolute Gasteiger partial charge is 0.459 e. The van der Waals surface area contributed by atoms with Crippen LogP contribution in [0.4, 0.5) is 0 Å². The van der Waals surface area contributed by atoms with Gasteiger partial charge in [-0.15, -0.1) is 0 Å². The Labute approximate surface area is 186 Å². The predicted octanol–water partition coefficient (Wildman–Crippen LogP) is 4.09. The first-order valence-electron chi connectivity index (χ1n) is 10.6. The zero-order valence-corrected chi connectivity index (χ0v) is 19.5. The Bertz CT molecular complexity index is 770. The Balaban J connectivity index is 0.000000295. The number of hydrogen-bond donors (Lipinski definition) is 2. The van der Waals surface area contributed by atoms with Crippen molar-refractivity contribution in [1.29, 1.82) is 0 Å². The van der Waals surface area contributed by atoms with E-state index in [0.717, 1.165) is 6.61 Å². The summed E-state index contributed by atoms with van der Waals surface area (Å²) in [5, 5.41) is 5.06. The number of fused-ring (bicyclic) bond motifs is 3. The fourth-order valence-corrected chi connectivity index (χ4v) is 3.26. The molecule has 0 saturated carbocycles. The number of rotatable bonds is 7. The molecule has 2 aromatic carbocycles. The van der Waals surface area contributed by atoms with Crippen molar-refractivity contribution in [3.63, 3.8) is 0 Å². The third-order valence-corrected chi connectivity index (χ3v) is 4.30. The van der Waals surface area contributed by atoms with Gasteiger partial charge in [0.1, 0.15) is 5.60 Å². The molecule has 2 aromatic rings. The minimum absolute atomic E-state index is 0.0953. The number of methoxy groups -OCH3 is 1. The van der Waals surface area contributed by atoms with Crippen molar-refractivity contribution in [3.8, 4) is 11.1 Å².